The lowest BCUT2D eigenvalue weighted by Crippen LogP contribution is -2.49. The number of hydrogen-bond donors (Lipinski definition) is 7. The van der Waals surface area contributed by atoms with Crippen molar-refractivity contribution in [3.63, 3.8) is 0 Å². The van der Waals surface area contributed by atoms with E-state index in [1.54, 1.807) is 38.1 Å². The number of esters is 2. The molecule has 0 radical (unpaired) electrons. The van der Waals surface area contributed by atoms with Crippen LogP contribution >= 0.6 is 11.6 Å². The van der Waals surface area contributed by atoms with Gasteiger partial charge in [0.25, 0.3) is 0 Å². The Bertz CT molecular complexity index is 1050. The number of carbonyl (C=O) groups excluding carboxylic acids is 2. The third-order valence-electron chi connectivity index (χ3n) is 6.11. The number of nitrogens with one attached hydrogen (secondary N) is 2. The molecule has 218 valence electrons. The summed E-state index contributed by atoms with van der Waals surface area (Å²) in [6.07, 6.45) is -6.40. The molecule has 0 spiro atoms. The summed E-state index contributed by atoms with van der Waals surface area (Å²) in [4.78, 5) is 25.9. The highest BCUT2D eigenvalue weighted by Gasteiger charge is 2.39. The van der Waals surface area contributed by atoms with Crippen LogP contribution in [0, 0.1) is 0 Å². The first-order valence-electron chi connectivity index (χ1n) is 12.4. The molecule has 13 heteroatoms. The van der Waals surface area contributed by atoms with E-state index in [1.807, 2.05) is 0 Å². The largest absolute Gasteiger partial charge is 0.466 e. The minimum absolute atomic E-state index is 0.0604. The zero-order chi connectivity index (χ0) is 29.1. The number of dihydropyridines is 1. The summed E-state index contributed by atoms with van der Waals surface area (Å²) >= 11 is 6.48. The van der Waals surface area contributed by atoms with Gasteiger partial charge >= 0.3 is 11.9 Å². The molecular formula is C26H37ClN2O10. The predicted molar refractivity (Wildman–Crippen MR) is 141 cm³/mol. The fourth-order valence-corrected chi connectivity index (χ4v) is 4.36. The summed E-state index contributed by atoms with van der Waals surface area (Å²) < 4.78 is 16.0. The molecule has 0 saturated carbocycles. The van der Waals surface area contributed by atoms with Crippen molar-refractivity contribution in [3.8, 4) is 0 Å². The molecular weight excluding hydrogens is 536 g/mol. The van der Waals surface area contributed by atoms with Crippen LogP contribution < -0.4 is 10.6 Å². The van der Waals surface area contributed by atoms with Crippen molar-refractivity contribution in [1.29, 1.82) is 0 Å². The standard InChI is InChI=1S/C26H37ClN2O10/c1-4-39-26(36)22-17(13-38-10-9-28-11-18(31)23(33)24(34)19(32)12-30)29-14(2)20(25(35)37-3)21(22)15-7-5-6-8-16(15)27/h5-8,18-19,21,23-24,28-34H,4,9-13H2,1-3H3/t18-,19+,21?,23+,24+/m0/s1. The quantitative estimate of drug-likeness (QED) is 0.104. The summed E-state index contributed by atoms with van der Waals surface area (Å²) in [6.45, 7) is 2.83. The Morgan fingerprint density at radius 3 is 2.36 bits per heavy atom. The van der Waals surface area contributed by atoms with Gasteiger partial charge in [-0.15, -0.1) is 0 Å². The summed E-state index contributed by atoms with van der Waals surface area (Å²) in [6, 6.07) is 6.85. The van der Waals surface area contributed by atoms with Crippen LogP contribution in [0.25, 0.3) is 0 Å². The fourth-order valence-electron chi connectivity index (χ4n) is 4.11. The van der Waals surface area contributed by atoms with E-state index in [4.69, 9.17) is 30.9 Å². The van der Waals surface area contributed by atoms with Gasteiger partial charge in [0.2, 0.25) is 0 Å². The fraction of sp³-hybridized carbons (Fsp3) is 0.538. The molecule has 0 saturated heterocycles. The summed E-state index contributed by atoms with van der Waals surface area (Å²) in [7, 11) is 1.25. The van der Waals surface area contributed by atoms with Gasteiger partial charge in [-0.05, 0) is 25.5 Å². The van der Waals surface area contributed by atoms with Crippen molar-refractivity contribution in [3.05, 3.63) is 57.4 Å². The number of rotatable bonds is 15. The number of methoxy groups -OCH3 is 1. The van der Waals surface area contributed by atoms with E-state index in [0.717, 1.165) is 0 Å². The van der Waals surface area contributed by atoms with Crippen LogP contribution in [0.5, 0.6) is 0 Å². The lowest BCUT2D eigenvalue weighted by molar-refractivity contribution is -0.139. The Labute approximate surface area is 231 Å². The van der Waals surface area contributed by atoms with E-state index in [-0.39, 0.29) is 44.1 Å². The third-order valence-corrected chi connectivity index (χ3v) is 6.45. The van der Waals surface area contributed by atoms with Crippen LogP contribution in [-0.2, 0) is 23.8 Å². The molecule has 1 aromatic rings. The van der Waals surface area contributed by atoms with Gasteiger partial charge in [0.1, 0.15) is 18.3 Å². The van der Waals surface area contributed by atoms with E-state index in [1.165, 1.54) is 7.11 Å². The first-order valence-corrected chi connectivity index (χ1v) is 12.8. The molecule has 0 aliphatic carbocycles. The highest BCUT2D eigenvalue weighted by atomic mass is 35.5. The number of allylic oxidation sites excluding steroid dienone is 1. The number of aliphatic hydroxyl groups is 5. The average molecular weight is 573 g/mol. The maximum atomic E-state index is 13.2. The normalized spacial score (nSPS) is 18.7. The zero-order valence-corrected chi connectivity index (χ0v) is 22.8. The summed E-state index contributed by atoms with van der Waals surface area (Å²) in [5.74, 6) is -2.16. The second-order valence-electron chi connectivity index (χ2n) is 8.78. The van der Waals surface area contributed by atoms with Crippen molar-refractivity contribution in [2.75, 3.05) is 46.6 Å². The Balaban J connectivity index is 2.17. The molecule has 1 aliphatic heterocycles. The minimum Gasteiger partial charge on any atom is -0.466 e. The predicted octanol–water partition coefficient (Wildman–Crippen LogP) is -0.667. The monoisotopic (exact) mass is 572 g/mol. The van der Waals surface area contributed by atoms with Crippen LogP contribution in [0.4, 0.5) is 0 Å². The first-order chi connectivity index (χ1) is 18.6. The molecule has 39 heavy (non-hydrogen) atoms. The third kappa shape index (κ3) is 8.47. The van der Waals surface area contributed by atoms with Gasteiger partial charge in [0.05, 0.1) is 62.4 Å². The zero-order valence-electron chi connectivity index (χ0n) is 22.1. The molecule has 1 unspecified atom stereocenters. The Morgan fingerprint density at radius 1 is 1.08 bits per heavy atom. The van der Waals surface area contributed by atoms with Gasteiger partial charge in [-0.1, -0.05) is 29.8 Å². The topological polar surface area (TPSA) is 187 Å². The molecule has 0 amide bonds. The highest BCUT2D eigenvalue weighted by Crippen LogP contribution is 2.41. The van der Waals surface area contributed by atoms with Crippen LogP contribution in [0.1, 0.15) is 25.3 Å². The van der Waals surface area contributed by atoms with E-state index in [9.17, 15) is 30.0 Å². The Kier molecular flexibility index (Phi) is 13.3. The van der Waals surface area contributed by atoms with Crippen molar-refractivity contribution in [1.82, 2.24) is 10.6 Å². The summed E-state index contributed by atoms with van der Waals surface area (Å²) in [5, 5.41) is 54.1. The SMILES string of the molecule is CCOC(=O)C1=C(COCCNC[C@H](O)[C@@H](O)[C@H](O)[C@H](O)CO)NC(C)=C(C(=O)OC)C1c1ccccc1Cl. The van der Waals surface area contributed by atoms with Gasteiger partial charge in [0.15, 0.2) is 0 Å². The number of ether oxygens (including phenoxy) is 3. The van der Waals surface area contributed by atoms with Gasteiger partial charge in [-0.3, -0.25) is 0 Å². The number of carbonyl (C=O) groups is 2. The molecule has 12 nitrogen and oxygen atoms in total. The molecule has 2 rings (SSSR count). The van der Waals surface area contributed by atoms with Crippen LogP contribution in [-0.4, -0.2) is 109 Å². The van der Waals surface area contributed by atoms with E-state index in [0.29, 0.717) is 22.0 Å². The molecule has 1 heterocycles. The molecule has 5 atom stereocenters. The number of aliphatic hydroxyl groups excluding tert-OH is 5. The molecule has 7 N–H and O–H groups in total. The molecule has 1 aromatic carbocycles. The number of hydrogen-bond acceptors (Lipinski definition) is 12. The maximum absolute atomic E-state index is 13.2. The van der Waals surface area contributed by atoms with Crippen molar-refractivity contribution < 1.29 is 49.3 Å². The average Bonchev–Trinajstić information content (AvgIpc) is 2.92. The lowest BCUT2D eigenvalue weighted by Gasteiger charge is -2.31. The first kappa shape index (κ1) is 32.7. The van der Waals surface area contributed by atoms with Gasteiger partial charge in [0, 0.05) is 23.8 Å². The van der Waals surface area contributed by atoms with Gasteiger partial charge in [-0.2, -0.15) is 0 Å². The minimum atomic E-state index is -1.72. The maximum Gasteiger partial charge on any atom is 0.336 e. The van der Waals surface area contributed by atoms with Crippen molar-refractivity contribution in [2.24, 2.45) is 0 Å². The van der Waals surface area contributed by atoms with Crippen LogP contribution in [0.15, 0.2) is 46.8 Å². The van der Waals surface area contributed by atoms with Gasteiger partial charge < -0.3 is 50.4 Å². The lowest BCUT2D eigenvalue weighted by atomic mass is 9.80. The van der Waals surface area contributed by atoms with Crippen LogP contribution in [0.3, 0.4) is 0 Å². The Hall–Kier alpha value is -2.55. The van der Waals surface area contributed by atoms with E-state index >= 15 is 0 Å². The van der Waals surface area contributed by atoms with Gasteiger partial charge in [-0.25, -0.2) is 9.59 Å². The van der Waals surface area contributed by atoms with Crippen molar-refractivity contribution >= 4 is 23.5 Å². The van der Waals surface area contributed by atoms with Crippen LogP contribution in [0.2, 0.25) is 5.02 Å². The summed E-state index contributed by atoms with van der Waals surface area (Å²) in [5.41, 5.74) is 1.71. The number of benzene rings is 1. The number of halogens is 1. The molecule has 0 aromatic heterocycles. The smallest absolute Gasteiger partial charge is 0.336 e. The van der Waals surface area contributed by atoms with Crippen molar-refractivity contribution in [2.45, 2.75) is 44.2 Å². The van der Waals surface area contributed by atoms with E-state index in [2.05, 4.69) is 10.6 Å². The molecule has 0 fully saturated rings. The highest BCUT2D eigenvalue weighted by molar-refractivity contribution is 6.31. The Morgan fingerprint density at radius 2 is 1.74 bits per heavy atom. The molecule has 0 bridgehead atoms. The second-order valence-corrected chi connectivity index (χ2v) is 9.18. The molecule has 1 aliphatic rings. The van der Waals surface area contributed by atoms with E-state index < -0.39 is 48.9 Å². The second kappa shape index (κ2) is 15.9.